The SMILES string of the molecule is CC=CCCc1cnc(-c2ccc(-c3ccc(C(F)(F)Oc4ccc(-c5cc(F)c(F)c(F)c5)c(F)c4)c(F)c3)c(F)c2)nc1. The molecule has 0 saturated heterocycles. The zero-order valence-corrected chi connectivity index (χ0v) is 23.4. The Bertz CT molecular complexity index is 1870. The molecule has 11 heteroatoms. The highest BCUT2D eigenvalue weighted by molar-refractivity contribution is 5.69. The molecule has 0 radical (unpaired) electrons. The Labute approximate surface area is 252 Å². The summed E-state index contributed by atoms with van der Waals surface area (Å²) < 4.78 is 120. The number of benzene rings is 4. The summed E-state index contributed by atoms with van der Waals surface area (Å²) in [5.74, 6) is -8.75. The molecule has 0 aliphatic rings. The van der Waals surface area contributed by atoms with E-state index in [0.29, 0.717) is 35.9 Å². The van der Waals surface area contributed by atoms with Crippen molar-refractivity contribution in [3.05, 3.63) is 137 Å². The molecule has 0 fully saturated rings. The molecule has 0 aliphatic heterocycles. The first-order valence-electron chi connectivity index (χ1n) is 13.5. The fourth-order valence-corrected chi connectivity index (χ4v) is 4.56. The predicted octanol–water partition coefficient (Wildman–Crippen LogP) is 9.95. The molecule has 5 rings (SSSR count). The molecule has 0 saturated carbocycles. The maximum atomic E-state index is 15.1. The smallest absolute Gasteiger partial charge is 0.429 e. The molecule has 1 aromatic heterocycles. The topological polar surface area (TPSA) is 35.0 Å². The molecule has 3 nitrogen and oxygen atoms in total. The van der Waals surface area contributed by atoms with Crippen molar-refractivity contribution in [1.82, 2.24) is 9.97 Å². The Morgan fingerprint density at radius 2 is 1.24 bits per heavy atom. The zero-order chi connectivity index (χ0) is 32.3. The lowest BCUT2D eigenvalue weighted by Crippen LogP contribution is -2.23. The van der Waals surface area contributed by atoms with Crippen molar-refractivity contribution < 1.29 is 39.9 Å². The minimum absolute atomic E-state index is 0.0366. The summed E-state index contributed by atoms with van der Waals surface area (Å²) >= 11 is 0. The van der Waals surface area contributed by atoms with Crippen molar-refractivity contribution in [3.8, 4) is 39.4 Å². The van der Waals surface area contributed by atoms with E-state index in [9.17, 15) is 30.7 Å². The summed E-state index contributed by atoms with van der Waals surface area (Å²) in [6.07, 6.45) is 4.51. The molecule has 0 atom stereocenters. The highest BCUT2D eigenvalue weighted by Crippen LogP contribution is 2.37. The lowest BCUT2D eigenvalue weighted by molar-refractivity contribution is -0.187. The van der Waals surface area contributed by atoms with Crippen LogP contribution in [0, 0.1) is 34.9 Å². The van der Waals surface area contributed by atoms with Gasteiger partial charge in [0.15, 0.2) is 23.3 Å². The molecule has 0 aliphatic carbocycles. The number of aryl methyl sites for hydroxylation is 1. The van der Waals surface area contributed by atoms with Crippen LogP contribution >= 0.6 is 0 Å². The van der Waals surface area contributed by atoms with Gasteiger partial charge in [-0.15, -0.1) is 0 Å². The summed E-state index contributed by atoms with van der Waals surface area (Å²) in [7, 11) is 0. The standard InChI is InChI=1S/C34H22F8N2O/c1-2-3-4-5-19-17-43-33(44-18-19)21-6-9-24(27(35)13-21)20-7-11-26(29(37)12-20)34(41,42)45-23-8-10-25(28(36)16-23)22-14-30(38)32(40)31(39)15-22/h2-3,6-18H,4-5H2,1H3. The monoisotopic (exact) mass is 626 g/mol. The van der Waals surface area contributed by atoms with E-state index in [2.05, 4.69) is 14.7 Å². The maximum Gasteiger partial charge on any atom is 0.429 e. The van der Waals surface area contributed by atoms with Crippen LogP contribution < -0.4 is 4.74 Å². The van der Waals surface area contributed by atoms with Gasteiger partial charge in [-0.3, -0.25) is 0 Å². The number of alkyl halides is 2. The van der Waals surface area contributed by atoms with Gasteiger partial charge in [0.05, 0.1) is 5.56 Å². The Morgan fingerprint density at radius 1 is 0.667 bits per heavy atom. The van der Waals surface area contributed by atoms with E-state index in [1.165, 1.54) is 12.1 Å². The summed E-state index contributed by atoms with van der Waals surface area (Å²) in [6.45, 7) is 1.92. The Hall–Kier alpha value is -5.06. The highest BCUT2D eigenvalue weighted by Gasteiger charge is 2.38. The number of aromatic nitrogens is 2. The van der Waals surface area contributed by atoms with Gasteiger partial charge in [0.25, 0.3) is 0 Å². The van der Waals surface area contributed by atoms with Crippen LogP contribution in [0.25, 0.3) is 33.6 Å². The Kier molecular flexibility index (Phi) is 8.99. The molecule has 0 spiro atoms. The Morgan fingerprint density at radius 3 is 1.87 bits per heavy atom. The fraction of sp³-hybridized carbons (Fsp3) is 0.118. The maximum absolute atomic E-state index is 15.1. The number of allylic oxidation sites excluding steroid dienone is 2. The van der Waals surface area contributed by atoms with Crippen molar-refractivity contribution in [3.63, 3.8) is 0 Å². The lowest BCUT2D eigenvalue weighted by atomic mass is 10.0. The molecule has 1 heterocycles. The van der Waals surface area contributed by atoms with E-state index < -0.39 is 57.9 Å². The third-order valence-electron chi connectivity index (χ3n) is 6.84. The molecule has 230 valence electrons. The number of nitrogens with zero attached hydrogens (tertiary/aromatic N) is 2. The van der Waals surface area contributed by atoms with Gasteiger partial charge in [-0.2, -0.15) is 8.78 Å². The van der Waals surface area contributed by atoms with Crippen LogP contribution in [0.5, 0.6) is 5.75 Å². The normalized spacial score (nSPS) is 11.8. The second-order valence-electron chi connectivity index (χ2n) is 9.93. The molecule has 0 unspecified atom stereocenters. The average molecular weight is 627 g/mol. The van der Waals surface area contributed by atoms with Crippen molar-refractivity contribution in [1.29, 1.82) is 0 Å². The van der Waals surface area contributed by atoms with Gasteiger partial charge in [-0.25, -0.2) is 36.3 Å². The van der Waals surface area contributed by atoms with E-state index in [4.69, 9.17) is 0 Å². The zero-order valence-electron chi connectivity index (χ0n) is 23.4. The quantitative estimate of drug-likeness (QED) is 0.0928. The van der Waals surface area contributed by atoms with Crippen molar-refractivity contribution >= 4 is 0 Å². The van der Waals surface area contributed by atoms with Gasteiger partial charge < -0.3 is 4.74 Å². The van der Waals surface area contributed by atoms with Gasteiger partial charge in [0, 0.05) is 35.2 Å². The van der Waals surface area contributed by atoms with Crippen LogP contribution in [0.1, 0.15) is 24.5 Å². The van der Waals surface area contributed by atoms with E-state index >= 15 is 4.39 Å². The largest absolute Gasteiger partial charge is 0.429 e. The van der Waals surface area contributed by atoms with Crippen LogP contribution in [0.3, 0.4) is 0 Å². The minimum Gasteiger partial charge on any atom is -0.429 e. The number of hydrogen-bond acceptors (Lipinski definition) is 3. The van der Waals surface area contributed by atoms with E-state index in [-0.39, 0.29) is 22.5 Å². The van der Waals surface area contributed by atoms with Crippen LogP contribution in [0.2, 0.25) is 0 Å². The summed E-state index contributed by atoms with van der Waals surface area (Å²) in [5.41, 5.74) is -0.848. The summed E-state index contributed by atoms with van der Waals surface area (Å²) in [5, 5.41) is 0. The molecule has 0 N–H and O–H groups in total. The molecule has 5 aromatic rings. The number of hydrogen-bond donors (Lipinski definition) is 0. The van der Waals surface area contributed by atoms with Crippen LogP contribution in [0.15, 0.2) is 91.3 Å². The van der Waals surface area contributed by atoms with Gasteiger partial charge >= 0.3 is 6.11 Å². The molecule has 4 aromatic carbocycles. The van der Waals surface area contributed by atoms with Gasteiger partial charge in [0.2, 0.25) is 0 Å². The first-order valence-corrected chi connectivity index (χ1v) is 13.5. The molecule has 0 amide bonds. The molecular formula is C34H22F8N2O. The predicted molar refractivity (Wildman–Crippen MR) is 152 cm³/mol. The summed E-state index contributed by atoms with van der Waals surface area (Å²) in [4.78, 5) is 8.54. The van der Waals surface area contributed by atoms with Gasteiger partial charge in [-0.1, -0.05) is 30.4 Å². The third kappa shape index (κ3) is 6.87. The highest BCUT2D eigenvalue weighted by atomic mass is 19.3. The Balaban J connectivity index is 1.33. The van der Waals surface area contributed by atoms with Crippen LogP contribution in [-0.4, -0.2) is 9.97 Å². The second kappa shape index (κ2) is 12.9. The van der Waals surface area contributed by atoms with Crippen molar-refractivity contribution in [2.45, 2.75) is 25.9 Å². The molecule has 0 bridgehead atoms. The fourth-order valence-electron chi connectivity index (χ4n) is 4.56. The first-order chi connectivity index (χ1) is 21.5. The number of halogens is 8. The van der Waals surface area contributed by atoms with Crippen molar-refractivity contribution in [2.75, 3.05) is 0 Å². The summed E-state index contributed by atoms with van der Waals surface area (Å²) in [6, 6.07) is 9.86. The van der Waals surface area contributed by atoms with E-state index in [0.717, 1.165) is 42.7 Å². The number of rotatable bonds is 9. The second-order valence-corrected chi connectivity index (χ2v) is 9.93. The van der Waals surface area contributed by atoms with Crippen molar-refractivity contribution in [2.24, 2.45) is 0 Å². The minimum atomic E-state index is -4.30. The third-order valence-corrected chi connectivity index (χ3v) is 6.84. The first kappa shape index (κ1) is 31.4. The molecule has 45 heavy (non-hydrogen) atoms. The van der Waals surface area contributed by atoms with Gasteiger partial charge in [-0.05, 0) is 78.9 Å². The van der Waals surface area contributed by atoms with Crippen LogP contribution in [0.4, 0.5) is 35.1 Å². The average Bonchev–Trinajstić information content (AvgIpc) is 3.00. The number of ether oxygens (including phenoxy) is 1. The van der Waals surface area contributed by atoms with E-state index in [1.807, 2.05) is 19.1 Å². The van der Waals surface area contributed by atoms with Crippen LogP contribution in [-0.2, 0) is 12.5 Å². The lowest BCUT2D eigenvalue weighted by Gasteiger charge is -2.20. The van der Waals surface area contributed by atoms with Gasteiger partial charge in [0.1, 0.15) is 23.2 Å². The molecular weight excluding hydrogens is 604 g/mol. The van der Waals surface area contributed by atoms with E-state index in [1.54, 1.807) is 12.4 Å².